The summed E-state index contributed by atoms with van der Waals surface area (Å²) in [6.07, 6.45) is -11.5. The number of hydrogen-bond donors (Lipinski definition) is 0. The van der Waals surface area contributed by atoms with Gasteiger partial charge >= 0.3 is 12.3 Å². The van der Waals surface area contributed by atoms with Crippen molar-refractivity contribution in [2.45, 2.75) is 18.7 Å². The van der Waals surface area contributed by atoms with Gasteiger partial charge in [-0.25, -0.2) is 0 Å². The Bertz CT molecular complexity index is 132. The highest BCUT2D eigenvalue weighted by Gasteiger charge is 2.44. The average molecular weight is 194 g/mol. The fourth-order valence-corrected chi connectivity index (χ4v) is 0.430. The highest BCUT2D eigenvalue weighted by Crippen LogP contribution is 2.31. The van der Waals surface area contributed by atoms with Crippen LogP contribution in [0.4, 0.5) is 22.0 Å². The molecule has 0 saturated carbocycles. The van der Waals surface area contributed by atoms with Crippen LogP contribution in [0.2, 0.25) is 0 Å². The van der Waals surface area contributed by atoms with E-state index in [0.717, 1.165) is 7.11 Å². The first kappa shape index (κ1) is 11.6. The highest BCUT2D eigenvalue weighted by atomic mass is 19.4. The van der Waals surface area contributed by atoms with Crippen molar-refractivity contribution in [3.8, 4) is 0 Å². The van der Waals surface area contributed by atoms with Gasteiger partial charge in [0.25, 0.3) is 0 Å². The maximum absolute atomic E-state index is 12.1. The predicted octanol–water partition coefficient (Wildman–Crippen LogP) is 2.15. The summed E-state index contributed by atoms with van der Waals surface area (Å²) in [5.41, 5.74) is 0. The SMILES string of the molecule is COCOC(F)(F)CC(F)(F)F. The summed E-state index contributed by atoms with van der Waals surface area (Å²) in [5, 5.41) is 0. The first-order chi connectivity index (χ1) is 5.27. The van der Waals surface area contributed by atoms with Crippen LogP contribution in [0.3, 0.4) is 0 Å². The molecule has 0 spiro atoms. The minimum Gasteiger partial charge on any atom is -0.358 e. The minimum atomic E-state index is -4.95. The van der Waals surface area contributed by atoms with E-state index in [0.29, 0.717) is 0 Å². The lowest BCUT2D eigenvalue weighted by Gasteiger charge is -2.17. The van der Waals surface area contributed by atoms with E-state index in [1.807, 2.05) is 0 Å². The molecule has 0 aliphatic carbocycles. The first-order valence-electron chi connectivity index (χ1n) is 2.84. The summed E-state index contributed by atoms with van der Waals surface area (Å²) in [5.74, 6) is 0. The molecule has 0 unspecified atom stereocenters. The number of halogens is 5. The van der Waals surface area contributed by atoms with Gasteiger partial charge in [0.05, 0.1) is 0 Å². The van der Waals surface area contributed by atoms with Gasteiger partial charge in [-0.05, 0) is 0 Å². The number of ether oxygens (including phenoxy) is 2. The molecular formula is C5H7F5O2. The van der Waals surface area contributed by atoms with Crippen molar-refractivity contribution in [3.63, 3.8) is 0 Å². The van der Waals surface area contributed by atoms with Crippen LogP contribution in [0.1, 0.15) is 6.42 Å². The van der Waals surface area contributed by atoms with Gasteiger partial charge in [-0.1, -0.05) is 0 Å². The lowest BCUT2D eigenvalue weighted by atomic mass is 10.4. The normalized spacial score (nSPS) is 13.5. The van der Waals surface area contributed by atoms with Gasteiger partial charge in [-0.3, -0.25) is 4.74 Å². The molecule has 0 aromatic carbocycles. The summed E-state index contributed by atoms with van der Waals surface area (Å²) in [7, 11) is 1.03. The molecule has 0 aliphatic heterocycles. The van der Waals surface area contributed by atoms with Crippen molar-refractivity contribution in [1.29, 1.82) is 0 Å². The van der Waals surface area contributed by atoms with Crippen LogP contribution >= 0.6 is 0 Å². The second-order valence-corrected chi connectivity index (χ2v) is 1.98. The predicted molar refractivity (Wildman–Crippen MR) is 28.6 cm³/mol. The molecule has 0 saturated heterocycles. The molecule has 74 valence electrons. The molecule has 0 bridgehead atoms. The van der Waals surface area contributed by atoms with Gasteiger partial charge in [0.15, 0.2) is 6.79 Å². The molecule has 2 nitrogen and oxygen atoms in total. The molecule has 0 aromatic rings. The molecule has 12 heavy (non-hydrogen) atoms. The van der Waals surface area contributed by atoms with E-state index >= 15 is 0 Å². The fraction of sp³-hybridized carbons (Fsp3) is 1.00. The number of alkyl halides is 5. The van der Waals surface area contributed by atoms with Gasteiger partial charge in [-0.15, -0.1) is 0 Å². The highest BCUT2D eigenvalue weighted by molar-refractivity contribution is 4.59. The van der Waals surface area contributed by atoms with Crippen LogP contribution in [0.25, 0.3) is 0 Å². The maximum atomic E-state index is 12.1. The Morgan fingerprint density at radius 3 is 1.92 bits per heavy atom. The Morgan fingerprint density at radius 2 is 1.58 bits per heavy atom. The zero-order valence-corrected chi connectivity index (χ0v) is 6.12. The minimum absolute atomic E-state index is 0.872. The van der Waals surface area contributed by atoms with Gasteiger partial charge in [0.1, 0.15) is 6.42 Å². The van der Waals surface area contributed by atoms with Crippen molar-refractivity contribution >= 4 is 0 Å². The second-order valence-electron chi connectivity index (χ2n) is 1.98. The van der Waals surface area contributed by atoms with E-state index in [4.69, 9.17) is 0 Å². The van der Waals surface area contributed by atoms with Crippen molar-refractivity contribution in [1.82, 2.24) is 0 Å². The van der Waals surface area contributed by atoms with E-state index in [1.54, 1.807) is 0 Å². The second kappa shape index (κ2) is 3.99. The molecule has 0 rings (SSSR count). The molecule has 0 aromatic heterocycles. The van der Waals surface area contributed by atoms with Crippen LogP contribution in [-0.2, 0) is 9.47 Å². The van der Waals surface area contributed by atoms with Crippen LogP contribution in [0, 0.1) is 0 Å². The summed E-state index contributed by atoms with van der Waals surface area (Å²) in [6.45, 7) is -0.872. The lowest BCUT2D eigenvalue weighted by molar-refractivity contribution is -0.313. The molecular weight excluding hydrogens is 187 g/mol. The van der Waals surface area contributed by atoms with E-state index in [9.17, 15) is 22.0 Å². The van der Waals surface area contributed by atoms with Crippen molar-refractivity contribution in [3.05, 3.63) is 0 Å². The van der Waals surface area contributed by atoms with E-state index < -0.39 is 25.5 Å². The van der Waals surface area contributed by atoms with Gasteiger partial charge in [-0.2, -0.15) is 22.0 Å². The number of rotatable bonds is 4. The zero-order chi connectivity index (χ0) is 9.83. The molecule has 0 N–H and O–H groups in total. The van der Waals surface area contributed by atoms with Crippen LogP contribution in [0.5, 0.6) is 0 Å². The van der Waals surface area contributed by atoms with Gasteiger partial charge in [0, 0.05) is 7.11 Å². The molecule has 0 atom stereocenters. The van der Waals surface area contributed by atoms with Crippen molar-refractivity contribution in [2.24, 2.45) is 0 Å². The third-order valence-corrected chi connectivity index (χ3v) is 0.794. The van der Waals surface area contributed by atoms with Gasteiger partial charge in [0.2, 0.25) is 0 Å². The first-order valence-corrected chi connectivity index (χ1v) is 2.84. The number of hydrogen-bond acceptors (Lipinski definition) is 2. The third kappa shape index (κ3) is 6.29. The summed E-state index contributed by atoms with van der Waals surface area (Å²) in [4.78, 5) is 0. The van der Waals surface area contributed by atoms with Gasteiger partial charge < -0.3 is 4.74 Å². The molecule has 0 amide bonds. The largest absolute Gasteiger partial charge is 0.397 e. The van der Waals surface area contributed by atoms with Crippen LogP contribution < -0.4 is 0 Å². The van der Waals surface area contributed by atoms with E-state index in [-0.39, 0.29) is 0 Å². The van der Waals surface area contributed by atoms with Crippen LogP contribution in [-0.4, -0.2) is 26.2 Å². The fourth-order valence-electron chi connectivity index (χ4n) is 0.430. The van der Waals surface area contributed by atoms with E-state index in [2.05, 4.69) is 9.47 Å². The Hall–Kier alpha value is -0.430. The van der Waals surface area contributed by atoms with E-state index in [1.165, 1.54) is 0 Å². The Labute approximate surface area is 65.3 Å². The molecule has 0 aliphatic rings. The Kier molecular flexibility index (Phi) is 3.85. The third-order valence-electron chi connectivity index (χ3n) is 0.794. The summed E-state index contributed by atoms with van der Waals surface area (Å²) >= 11 is 0. The zero-order valence-electron chi connectivity index (χ0n) is 6.12. The smallest absolute Gasteiger partial charge is 0.358 e. The summed E-state index contributed by atoms with van der Waals surface area (Å²) < 4.78 is 65.8. The quantitative estimate of drug-likeness (QED) is 0.504. The van der Waals surface area contributed by atoms with Crippen molar-refractivity contribution in [2.75, 3.05) is 13.9 Å². The molecule has 0 radical (unpaired) electrons. The standard InChI is InChI=1S/C5H7F5O2/c1-11-3-12-5(9,10)2-4(6,7)8/h2-3H2,1H3. The lowest BCUT2D eigenvalue weighted by Crippen LogP contribution is -2.29. The Balaban J connectivity index is 3.86. The average Bonchev–Trinajstić information content (AvgIpc) is 1.78. The number of methoxy groups -OCH3 is 1. The molecule has 0 fully saturated rings. The molecule has 0 heterocycles. The maximum Gasteiger partial charge on any atom is 0.397 e. The molecule has 7 heteroatoms. The van der Waals surface area contributed by atoms with Crippen molar-refractivity contribution < 1.29 is 31.4 Å². The monoisotopic (exact) mass is 194 g/mol. The Morgan fingerprint density at radius 1 is 1.08 bits per heavy atom. The summed E-state index contributed by atoms with van der Waals surface area (Å²) in [6, 6.07) is 0. The topological polar surface area (TPSA) is 18.5 Å². The van der Waals surface area contributed by atoms with Crippen LogP contribution in [0.15, 0.2) is 0 Å².